The maximum Gasteiger partial charge on any atom is 0.207 e. The second kappa shape index (κ2) is 8.66. The molecule has 3 heterocycles. The van der Waals surface area contributed by atoms with Crippen molar-refractivity contribution in [2.24, 2.45) is 5.73 Å². The number of nitriles is 2. The van der Waals surface area contributed by atoms with Crippen molar-refractivity contribution in [1.29, 1.82) is 10.5 Å². The van der Waals surface area contributed by atoms with Gasteiger partial charge in [0, 0.05) is 19.3 Å². The standard InChI is InChI=1S/C21H20FN7.ClH/c1-13(18-4-2-15(10-24)11-26-18)29-20-5-3-14(9-23)8-19(20)27-21(29)28-7-6-16(22)17(25)12-28;/h2-5,8,11,13,16-17H,6-7,12,25H2,1H3;1H/t13-,16+,17+;/m0./s1. The third kappa shape index (κ3) is 3.80. The highest BCUT2D eigenvalue weighted by atomic mass is 35.5. The van der Waals surface area contributed by atoms with E-state index in [1.165, 1.54) is 0 Å². The third-order valence-electron chi connectivity index (χ3n) is 5.38. The van der Waals surface area contributed by atoms with Crippen LogP contribution in [0.1, 0.15) is 36.2 Å². The monoisotopic (exact) mass is 425 g/mol. The van der Waals surface area contributed by atoms with Gasteiger partial charge in [-0.25, -0.2) is 9.37 Å². The molecule has 0 unspecified atom stereocenters. The van der Waals surface area contributed by atoms with E-state index < -0.39 is 12.2 Å². The Balaban J connectivity index is 0.00000256. The number of nitrogens with zero attached hydrogens (tertiary/aromatic N) is 6. The van der Waals surface area contributed by atoms with Gasteiger partial charge in [0.15, 0.2) is 0 Å². The number of anilines is 1. The summed E-state index contributed by atoms with van der Waals surface area (Å²) < 4.78 is 16.0. The van der Waals surface area contributed by atoms with E-state index in [2.05, 4.69) is 17.1 Å². The topological polar surface area (TPSA) is 108 Å². The smallest absolute Gasteiger partial charge is 0.207 e. The number of benzene rings is 1. The molecule has 0 aliphatic carbocycles. The molecule has 2 N–H and O–H groups in total. The van der Waals surface area contributed by atoms with Crippen LogP contribution in [0.3, 0.4) is 0 Å². The summed E-state index contributed by atoms with van der Waals surface area (Å²) in [6.07, 6.45) is 0.868. The summed E-state index contributed by atoms with van der Waals surface area (Å²) >= 11 is 0. The normalized spacial score (nSPS) is 19.6. The molecule has 9 heteroatoms. The van der Waals surface area contributed by atoms with Crippen LogP contribution in [0.4, 0.5) is 10.3 Å². The van der Waals surface area contributed by atoms with Crippen molar-refractivity contribution in [3.05, 3.63) is 53.3 Å². The molecular formula is C21H21ClFN7. The van der Waals surface area contributed by atoms with Crippen LogP contribution in [0.15, 0.2) is 36.5 Å². The molecule has 3 atom stereocenters. The molecule has 1 saturated heterocycles. The maximum absolute atomic E-state index is 13.9. The van der Waals surface area contributed by atoms with Crippen molar-refractivity contribution in [2.75, 3.05) is 18.0 Å². The fourth-order valence-corrected chi connectivity index (χ4v) is 3.75. The number of fused-ring (bicyclic) bond motifs is 1. The van der Waals surface area contributed by atoms with E-state index in [-0.39, 0.29) is 18.4 Å². The van der Waals surface area contributed by atoms with Crippen LogP contribution in [-0.2, 0) is 0 Å². The molecule has 4 rings (SSSR count). The highest BCUT2D eigenvalue weighted by molar-refractivity contribution is 5.85. The Morgan fingerprint density at radius 1 is 1.20 bits per heavy atom. The second-order valence-electron chi connectivity index (χ2n) is 7.27. The molecule has 1 aliphatic heterocycles. The van der Waals surface area contributed by atoms with Gasteiger partial charge in [-0.2, -0.15) is 10.5 Å². The lowest BCUT2D eigenvalue weighted by atomic mass is 10.1. The highest BCUT2D eigenvalue weighted by Gasteiger charge is 2.30. The van der Waals surface area contributed by atoms with Crippen molar-refractivity contribution in [3.63, 3.8) is 0 Å². The van der Waals surface area contributed by atoms with E-state index in [9.17, 15) is 9.65 Å². The maximum atomic E-state index is 13.9. The number of rotatable bonds is 3. The molecule has 1 aliphatic rings. The van der Waals surface area contributed by atoms with Crippen molar-refractivity contribution < 1.29 is 4.39 Å². The quantitative estimate of drug-likeness (QED) is 0.690. The minimum Gasteiger partial charge on any atom is -0.340 e. The summed E-state index contributed by atoms with van der Waals surface area (Å²) in [6.45, 7) is 2.87. The fraction of sp³-hybridized carbons (Fsp3) is 0.333. The van der Waals surface area contributed by atoms with Gasteiger partial charge in [0.2, 0.25) is 5.95 Å². The van der Waals surface area contributed by atoms with Gasteiger partial charge in [0.25, 0.3) is 0 Å². The zero-order valence-electron chi connectivity index (χ0n) is 16.4. The van der Waals surface area contributed by atoms with Gasteiger partial charge in [-0.05, 0) is 43.7 Å². The minimum atomic E-state index is -1.02. The zero-order valence-corrected chi connectivity index (χ0v) is 17.2. The molecule has 0 bridgehead atoms. The van der Waals surface area contributed by atoms with Gasteiger partial charge in [-0.3, -0.25) is 4.98 Å². The molecule has 2 aromatic heterocycles. The molecular weight excluding hydrogens is 405 g/mol. The van der Waals surface area contributed by atoms with Crippen LogP contribution < -0.4 is 10.6 Å². The van der Waals surface area contributed by atoms with Crippen molar-refractivity contribution in [3.8, 4) is 12.1 Å². The number of nitrogens with two attached hydrogens (primary N) is 1. The Labute approximate surface area is 180 Å². The predicted octanol–water partition coefficient (Wildman–Crippen LogP) is 3.08. The molecule has 0 radical (unpaired) electrons. The summed E-state index contributed by atoms with van der Waals surface area (Å²) in [5, 5.41) is 18.3. The van der Waals surface area contributed by atoms with E-state index in [4.69, 9.17) is 16.0 Å². The molecule has 1 aromatic carbocycles. The van der Waals surface area contributed by atoms with Crippen LogP contribution in [0.5, 0.6) is 0 Å². The Bertz CT molecular complexity index is 1130. The van der Waals surface area contributed by atoms with Gasteiger partial charge in [-0.1, -0.05) is 0 Å². The van der Waals surface area contributed by atoms with Crippen LogP contribution in [-0.4, -0.2) is 39.8 Å². The van der Waals surface area contributed by atoms with E-state index in [1.54, 1.807) is 24.4 Å². The van der Waals surface area contributed by atoms with E-state index in [0.29, 0.717) is 42.1 Å². The number of imidazole rings is 1. The van der Waals surface area contributed by atoms with Crippen molar-refractivity contribution >= 4 is 29.4 Å². The van der Waals surface area contributed by atoms with Gasteiger partial charge < -0.3 is 15.2 Å². The molecule has 30 heavy (non-hydrogen) atoms. The minimum absolute atomic E-state index is 0. The van der Waals surface area contributed by atoms with Gasteiger partial charge in [0.05, 0.1) is 46.0 Å². The number of pyridine rings is 1. The first-order valence-corrected chi connectivity index (χ1v) is 9.44. The Kier molecular flexibility index (Phi) is 6.21. The van der Waals surface area contributed by atoms with Crippen molar-refractivity contribution in [2.45, 2.75) is 31.6 Å². The molecule has 1 fully saturated rings. The first kappa shape index (κ1) is 21.5. The molecule has 0 saturated carbocycles. The van der Waals surface area contributed by atoms with Gasteiger partial charge >= 0.3 is 0 Å². The summed E-state index contributed by atoms with van der Waals surface area (Å²) in [4.78, 5) is 11.2. The molecule has 7 nitrogen and oxygen atoms in total. The Morgan fingerprint density at radius 2 is 1.93 bits per heavy atom. The predicted molar refractivity (Wildman–Crippen MR) is 114 cm³/mol. The second-order valence-corrected chi connectivity index (χ2v) is 7.27. The summed E-state index contributed by atoms with van der Waals surface area (Å²) in [7, 11) is 0. The lowest BCUT2D eigenvalue weighted by Crippen LogP contribution is -2.50. The van der Waals surface area contributed by atoms with Crippen LogP contribution in [0, 0.1) is 22.7 Å². The van der Waals surface area contributed by atoms with E-state index in [0.717, 1.165) is 11.2 Å². The van der Waals surface area contributed by atoms with Crippen LogP contribution in [0.25, 0.3) is 11.0 Å². The largest absolute Gasteiger partial charge is 0.340 e. The zero-order chi connectivity index (χ0) is 20.5. The van der Waals surface area contributed by atoms with Gasteiger partial charge in [0.1, 0.15) is 12.2 Å². The van der Waals surface area contributed by atoms with Crippen LogP contribution in [0.2, 0.25) is 0 Å². The number of hydrogen-bond donors (Lipinski definition) is 1. The third-order valence-corrected chi connectivity index (χ3v) is 5.38. The van der Waals surface area contributed by atoms with Crippen molar-refractivity contribution in [1.82, 2.24) is 14.5 Å². The molecule has 0 amide bonds. The number of halogens is 2. The Morgan fingerprint density at radius 3 is 2.57 bits per heavy atom. The number of piperidine rings is 1. The molecule has 0 spiro atoms. The average molecular weight is 426 g/mol. The summed E-state index contributed by atoms with van der Waals surface area (Å²) in [5.41, 5.74) is 9.31. The molecule has 3 aromatic rings. The lowest BCUT2D eigenvalue weighted by Gasteiger charge is -2.34. The SMILES string of the molecule is C[C@@H](c1ccc(C#N)cn1)n1c(N2CC[C@@H](F)[C@H](N)C2)nc2cc(C#N)ccc21.Cl. The number of hydrogen-bond acceptors (Lipinski definition) is 6. The fourth-order valence-electron chi connectivity index (χ4n) is 3.75. The summed E-state index contributed by atoms with van der Waals surface area (Å²) in [6, 6.07) is 12.4. The first-order valence-electron chi connectivity index (χ1n) is 9.44. The van der Waals surface area contributed by atoms with Crippen LogP contribution >= 0.6 is 12.4 Å². The number of alkyl halides is 1. The number of aromatic nitrogens is 3. The van der Waals surface area contributed by atoms with Gasteiger partial charge in [-0.15, -0.1) is 12.4 Å². The molecule has 154 valence electrons. The van der Waals surface area contributed by atoms with E-state index in [1.807, 2.05) is 28.5 Å². The summed E-state index contributed by atoms with van der Waals surface area (Å²) in [5.74, 6) is 0.677. The highest BCUT2D eigenvalue weighted by Crippen LogP contribution is 2.32. The first-order chi connectivity index (χ1) is 14.0. The lowest BCUT2D eigenvalue weighted by molar-refractivity contribution is 0.243. The van der Waals surface area contributed by atoms with E-state index >= 15 is 0 Å². The Hall–Kier alpha value is -3.20. The average Bonchev–Trinajstić information content (AvgIpc) is 3.13.